The Hall–Kier alpha value is -1.66. The maximum absolute atomic E-state index is 12.4. The van der Waals surface area contributed by atoms with Gasteiger partial charge in [0.1, 0.15) is 5.51 Å². The van der Waals surface area contributed by atoms with Gasteiger partial charge in [0, 0.05) is 11.0 Å². The van der Waals surface area contributed by atoms with Crippen LogP contribution in [0.25, 0.3) is 0 Å². The molecule has 2 aliphatic carbocycles. The minimum Gasteiger partial charge on any atom is -0.321 e. The van der Waals surface area contributed by atoms with E-state index in [9.17, 15) is 4.79 Å². The smallest absolute Gasteiger partial charge is 0.248 e. The molecule has 6 heteroatoms. The summed E-state index contributed by atoms with van der Waals surface area (Å²) in [7, 11) is 0. The number of nitrogens with one attached hydrogen (secondary N) is 1. The molecule has 2 fully saturated rings. The van der Waals surface area contributed by atoms with Crippen molar-refractivity contribution in [2.45, 2.75) is 34.9 Å². The van der Waals surface area contributed by atoms with E-state index in [4.69, 9.17) is 0 Å². The molecule has 2 aliphatic rings. The highest BCUT2D eigenvalue weighted by Gasteiger charge is 2.36. The lowest BCUT2D eigenvalue weighted by Gasteiger charge is -2.09. The van der Waals surface area contributed by atoms with Gasteiger partial charge in [0.05, 0.1) is 5.69 Å². The zero-order valence-corrected chi connectivity index (χ0v) is 14.2. The first-order chi connectivity index (χ1) is 11.3. The molecule has 0 radical (unpaired) electrons. The summed E-state index contributed by atoms with van der Waals surface area (Å²) >= 11 is 3.02. The van der Waals surface area contributed by atoms with Gasteiger partial charge in [-0.25, -0.2) is 0 Å². The summed E-state index contributed by atoms with van der Waals surface area (Å²) in [6, 6.07) is 7.83. The number of para-hydroxylation sites is 1. The molecule has 1 aromatic carbocycles. The Kier molecular flexibility index (Phi) is 4.18. The summed E-state index contributed by atoms with van der Waals surface area (Å²) in [5.74, 6) is 1.32. The second-order valence-corrected chi connectivity index (χ2v) is 8.11. The van der Waals surface area contributed by atoms with Crippen LogP contribution in [0.15, 0.2) is 50.7 Å². The summed E-state index contributed by atoms with van der Waals surface area (Å²) in [6.45, 7) is 0. The minimum atomic E-state index is -0.0101. The van der Waals surface area contributed by atoms with Crippen molar-refractivity contribution in [1.82, 2.24) is 10.2 Å². The Morgan fingerprint density at radius 2 is 1.96 bits per heavy atom. The summed E-state index contributed by atoms with van der Waals surface area (Å²) < 4.78 is 0.874. The SMILES string of the molecule is O=C(C=C(C1CC1)C1CC1)Nc1ccccc1Sc1nncs1. The Balaban J connectivity index is 1.49. The number of nitrogens with zero attached hydrogens (tertiary/aromatic N) is 2. The van der Waals surface area contributed by atoms with Crippen LogP contribution in [0.4, 0.5) is 5.69 Å². The summed E-state index contributed by atoms with van der Waals surface area (Å²) in [5.41, 5.74) is 3.92. The van der Waals surface area contributed by atoms with E-state index < -0.39 is 0 Å². The van der Waals surface area contributed by atoms with Gasteiger partial charge in [-0.1, -0.05) is 40.8 Å². The minimum absolute atomic E-state index is 0.0101. The van der Waals surface area contributed by atoms with Gasteiger partial charge >= 0.3 is 0 Å². The second-order valence-electron chi connectivity index (χ2n) is 5.98. The first-order valence-electron chi connectivity index (χ1n) is 7.85. The highest BCUT2D eigenvalue weighted by molar-refractivity contribution is 8.01. The Labute approximate surface area is 143 Å². The first kappa shape index (κ1) is 14.9. The molecule has 0 unspecified atom stereocenters. The molecule has 1 N–H and O–H groups in total. The van der Waals surface area contributed by atoms with E-state index in [1.165, 1.54) is 54.4 Å². The number of anilines is 1. The molecule has 0 bridgehead atoms. The van der Waals surface area contributed by atoms with E-state index in [1.807, 2.05) is 30.3 Å². The molecule has 118 valence electrons. The molecule has 2 aromatic rings. The average Bonchev–Trinajstić information content (AvgIpc) is 3.47. The monoisotopic (exact) mass is 343 g/mol. The second kappa shape index (κ2) is 6.45. The molecule has 0 atom stereocenters. The van der Waals surface area contributed by atoms with Crippen molar-refractivity contribution in [1.29, 1.82) is 0 Å². The van der Waals surface area contributed by atoms with Gasteiger partial charge in [-0.15, -0.1) is 10.2 Å². The molecule has 4 nitrogen and oxygen atoms in total. The molecule has 0 saturated heterocycles. The van der Waals surface area contributed by atoms with Crippen LogP contribution in [0.1, 0.15) is 25.7 Å². The van der Waals surface area contributed by atoms with Crippen LogP contribution in [-0.2, 0) is 4.79 Å². The number of carbonyl (C=O) groups excluding carboxylic acids is 1. The van der Waals surface area contributed by atoms with Gasteiger partial charge in [0.15, 0.2) is 4.34 Å². The molecule has 0 spiro atoms. The number of carbonyl (C=O) groups is 1. The van der Waals surface area contributed by atoms with E-state index in [0.29, 0.717) is 11.8 Å². The van der Waals surface area contributed by atoms with Gasteiger partial charge in [0.25, 0.3) is 0 Å². The van der Waals surface area contributed by atoms with Gasteiger partial charge in [0.2, 0.25) is 5.91 Å². The van der Waals surface area contributed by atoms with E-state index in [0.717, 1.165) is 14.9 Å². The Bertz CT molecular complexity index is 720. The molecule has 23 heavy (non-hydrogen) atoms. The fraction of sp³-hybridized carbons (Fsp3) is 0.353. The zero-order chi connectivity index (χ0) is 15.6. The summed E-state index contributed by atoms with van der Waals surface area (Å²) in [5, 5.41) is 10.9. The highest BCUT2D eigenvalue weighted by Crippen LogP contribution is 2.48. The molecule has 2 saturated carbocycles. The number of aromatic nitrogens is 2. The molecule has 1 heterocycles. The third-order valence-corrected chi connectivity index (χ3v) is 5.93. The molecule has 0 aliphatic heterocycles. The van der Waals surface area contributed by atoms with Crippen molar-refractivity contribution >= 4 is 34.7 Å². The molecule has 1 aromatic heterocycles. The summed E-state index contributed by atoms with van der Waals surface area (Å²) in [6.07, 6.45) is 6.85. The maximum atomic E-state index is 12.4. The third-order valence-electron chi connectivity index (χ3n) is 4.08. The predicted octanol–water partition coefficient (Wildman–Crippen LogP) is 4.37. The van der Waals surface area contributed by atoms with Crippen LogP contribution < -0.4 is 5.32 Å². The quantitative estimate of drug-likeness (QED) is 0.791. The van der Waals surface area contributed by atoms with Crippen LogP contribution in [0, 0.1) is 11.8 Å². The lowest BCUT2D eigenvalue weighted by Crippen LogP contribution is -2.10. The number of hydrogen-bond acceptors (Lipinski definition) is 5. The van der Waals surface area contributed by atoms with Crippen LogP contribution in [0.2, 0.25) is 0 Å². The average molecular weight is 343 g/mol. The van der Waals surface area contributed by atoms with Crippen molar-refractivity contribution in [2.24, 2.45) is 11.8 Å². The Morgan fingerprint density at radius 1 is 1.22 bits per heavy atom. The van der Waals surface area contributed by atoms with Crippen LogP contribution in [0.3, 0.4) is 0 Å². The number of benzene rings is 1. The van der Waals surface area contributed by atoms with E-state index >= 15 is 0 Å². The molecule has 1 amide bonds. The van der Waals surface area contributed by atoms with Crippen molar-refractivity contribution in [3.05, 3.63) is 41.4 Å². The fourth-order valence-corrected chi connectivity index (χ4v) is 4.20. The lowest BCUT2D eigenvalue weighted by atomic mass is 10.1. The van der Waals surface area contributed by atoms with Crippen molar-refractivity contribution < 1.29 is 4.79 Å². The van der Waals surface area contributed by atoms with Gasteiger partial charge < -0.3 is 5.32 Å². The van der Waals surface area contributed by atoms with E-state index in [-0.39, 0.29) is 5.91 Å². The number of amides is 1. The van der Waals surface area contributed by atoms with E-state index in [1.54, 1.807) is 5.51 Å². The van der Waals surface area contributed by atoms with Gasteiger partial charge in [-0.3, -0.25) is 4.79 Å². The molecule has 4 rings (SSSR count). The molecular formula is C17H17N3OS2. The van der Waals surface area contributed by atoms with Crippen LogP contribution >= 0.6 is 23.1 Å². The fourth-order valence-electron chi connectivity index (χ4n) is 2.68. The number of hydrogen-bond donors (Lipinski definition) is 1. The van der Waals surface area contributed by atoms with Crippen molar-refractivity contribution in [3.8, 4) is 0 Å². The van der Waals surface area contributed by atoms with Gasteiger partial charge in [-0.2, -0.15) is 0 Å². The van der Waals surface area contributed by atoms with Crippen LogP contribution in [0.5, 0.6) is 0 Å². The van der Waals surface area contributed by atoms with Crippen LogP contribution in [-0.4, -0.2) is 16.1 Å². The predicted molar refractivity (Wildman–Crippen MR) is 92.6 cm³/mol. The standard InChI is InChI=1S/C17H17N3OS2/c21-16(9-13(11-5-6-11)12-7-8-12)19-14-3-1-2-4-15(14)23-17-20-18-10-22-17/h1-4,9-12H,5-8H2,(H,19,21). The highest BCUT2D eigenvalue weighted by atomic mass is 32.2. The molecular weight excluding hydrogens is 326 g/mol. The lowest BCUT2D eigenvalue weighted by molar-refractivity contribution is -0.112. The summed E-state index contributed by atoms with van der Waals surface area (Å²) in [4.78, 5) is 13.4. The third kappa shape index (κ3) is 3.82. The normalized spacial score (nSPS) is 16.9. The number of rotatable bonds is 6. The van der Waals surface area contributed by atoms with Gasteiger partial charge in [-0.05, 0) is 49.7 Å². The zero-order valence-electron chi connectivity index (χ0n) is 12.6. The largest absolute Gasteiger partial charge is 0.321 e. The van der Waals surface area contributed by atoms with Crippen molar-refractivity contribution in [3.63, 3.8) is 0 Å². The number of allylic oxidation sites excluding steroid dienone is 1. The Morgan fingerprint density at radius 3 is 2.61 bits per heavy atom. The maximum Gasteiger partial charge on any atom is 0.248 e. The van der Waals surface area contributed by atoms with E-state index in [2.05, 4.69) is 15.5 Å². The topological polar surface area (TPSA) is 54.9 Å². The first-order valence-corrected chi connectivity index (χ1v) is 9.55. The van der Waals surface area contributed by atoms with Crippen molar-refractivity contribution in [2.75, 3.05) is 5.32 Å².